The molecule has 2 rings (SSSR count). The fourth-order valence-electron chi connectivity index (χ4n) is 3.30. The molecule has 0 spiro atoms. The number of hydrogen-bond acceptors (Lipinski definition) is 1. The first-order chi connectivity index (χ1) is 9.24. The van der Waals surface area contributed by atoms with Gasteiger partial charge in [0.1, 0.15) is 0 Å². The van der Waals surface area contributed by atoms with Crippen molar-refractivity contribution in [2.75, 3.05) is 13.6 Å². The Balaban J connectivity index is 2.27. The van der Waals surface area contributed by atoms with Gasteiger partial charge in [0.05, 0.1) is 0 Å². The van der Waals surface area contributed by atoms with Gasteiger partial charge in [-0.3, -0.25) is 0 Å². The Morgan fingerprint density at radius 3 is 2.21 bits per heavy atom. The van der Waals surface area contributed by atoms with E-state index in [9.17, 15) is 0 Å². The molecule has 3 heteroatoms. The van der Waals surface area contributed by atoms with Gasteiger partial charge in [0.25, 0.3) is 0 Å². The van der Waals surface area contributed by atoms with Crippen LogP contribution in [0.25, 0.3) is 0 Å². The quantitative estimate of drug-likeness (QED) is 0.747. The van der Waals surface area contributed by atoms with E-state index in [-0.39, 0.29) is 0 Å². The maximum absolute atomic E-state index is 6.41. The SMILES string of the molecule is CNCC(c1c(Cl)cccc1Cl)C1CCCCCC1. The van der Waals surface area contributed by atoms with Gasteiger partial charge in [-0.2, -0.15) is 0 Å². The molecule has 1 atom stereocenters. The Labute approximate surface area is 126 Å². The van der Waals surface area contributed by atoms with E-state index in [0.717, 1.165) is 22.2 Å². The molecule has 0 radical (unpaired) electrons. The summed E-state index contributed by atoms with van der Waals surface area (Å²) in [7, 11) is 2.01. The Bertz CT molecular complexity index is 377. The van der Waals surface area contributed by atoms with Gasteiger partial charge in [-0.1, -0.05) is 55.0 Å². The third-order valence-electron chi connectivity index (χ3n) is 4.26. The minimum atomic E-state index is 0.435. The van der Waals surface area contributed by atoms with Crippen LogP contribution < -0.4 is 5.32 Å². The zero-order chi connectivity index (χ0) is 13.7. The average molecular weight is 300 g/mol. The summed E-state index contributed by atoms with van der Waals surface area (Å²) in [5, 5.41) is 4.95. The lowest BCUT2D eigenvalue weighted by Crippen LogP contribution is -2.24. The Morgan fingerprint density at radius 2 is 1.68 bits per heavy atom. The topological polar surface area (TPSA) is 12.0 Å². The molecule has 1 N–H and O–H groups in total. The van der Waals surface area contributed by atoms with Crippen LogP contribution in [-0.2, 0) is 0 Å². The monoisotopic (exact) mass is 299 g/mol. The molecule has 0 saturated heterocycles. The van der Waals surface area contributed by atoms with Crippen LogP contribution in [0.3, 0.4) is 0 Å². The van der Waals surface area contributed by atoms with Gasteiger partial charge in [-0.15, -0.1) is 0 Å². The van der Waals surface area contributed by atoms with E-state index in [2.05, 4.69) is 5.32 Å². The van der Waals surface area contributed by atoms with Crippen molar-refractivity contribution in [3.05, 3.63) is 33.8 Å². The summed E-state index contributed by atoms with van der Waals surface area (Å²) >= 11 is 12.8. The number of rotatable bonds is 4. The summed E-state index contributed by atoms with van der Waals surface area (Å²) in [6, 6.07) is 5.85. The largest absolute Gasteiger partial charge is 0.319 e. The molecule has 1 unspecified atom stereocenters. The van der Waals surface area contributed by atoms with E-state index < -0.39 is 0 Å². The Hall–Kier alpha value is -0.240. The Kier molecular flexibility index (Phi) is 6.00. The van der Waals surface area contributed by atoms with E-state index in [1.165, 1.54) is 38.5 Å². The van der Waals surface area contributed by atoms with Gasteiger partial charge in [0, 0.05) is 22.5 Å². The molecule has 1 nitrogen and oxygen atoms in total. The molecular weight excluding hydrogens is 277 g/mol. The van der Waals surface area contributed by atoms with Crippen LogP contribution >= 0.6 is 23.2 Å². The number of halogens is 2. The smallest absolute Gasteiger partial charge is 0.0456 e. The second-order valence-electron chi connectivity index (χ2n) is 5.55. The highest BCUT2D eigenvalue weighted by atomic mass is 35.5. The summed E-state index contributed by atoms with van der Waals surface area (Å²) < 4.78 is 0. The molecule has 19 heavy (non-hydrogen) atoms. The van der Waals surface area contributed by atoms with Gasteiger partial charge >= 0.3 is 0 Å². The van der Waals surface area contributed by atoms with E-state index in [1.54, 1.807) is 0 Å². The second-order valence-corrected chi connectivity index (χ2v) is 6.37. The average Bonchev–Trinajstić information content (AvgIpc) is 2.66. The maximum atomic E-state index is 6.41. The minimum absolute atomic E-state index is 0.435. The minimum Gasteiger partial charge on any atom is -0.319 e. The molecule has 0 bridgehead atoms. The maximum Gasteiger partial charge on any atom is 0.0456 e. The van der Waals surface area contributed by atoms with Crippen LogP contribution in [0.2, 0.25) is 10.0 Å². The lowest BCUT2D eigenvalue weighted by atomic mass is 9.81. The van der Waals surface area contributed by atoms with Crippen molar-refractivity contribution < 1.29 is 0 Å². The number of nitrogens with one attached hydrogen (secondary N) is 1. The molecule has 1 aliphatic carbocycles. The molecule has 0 aliphatic heterocycles. The molecule has 0 aromatic heterocycles. The predicted molar refractivity (Wildman–Crippen MR) is 84.3 cm³/mol. The lowest BCUT2D eigenvalue weighted by molar-refractivity contribution is 0.367. The number of likely N-dealkylation sites (N-methyl/N-ethyl adjacent to an activating group) is 1. The van der Waals surface area contributed by atoms with Crippen LogP contribution in [0.4, 0.5) is 0 Å². The third-order valence-corrected chi connectivity index (χ3v) is 4.92. The van der Waals surface area contributed by atoms with Crippen molar-refractivity contribution in [2.24, 2.45) is 5.92 Å². The lowest BCUT2D eigenvalue weighted by Gasteiger charge is -2.28. The van der Waals surface area contributed by atoms with Crippen molar-refractivity contribution in [1.29, 1.82) is 0 Å². The highest BCUT2D eigenvalue weighted by Crippen LogP contribution is 2.40. The molecule has 106 valence electrons. The summed E-state index contributed by atoms with van der Waals surface area (Å²) in [5.41, 5.74) is 1.15. The van der Waals surface area contributed by atoms with Gasteiger partial charge in [-0.05, 0) is 43.5 Å². The van der Waals surface area contributed by atoms with E-state index >= 15 is 0 Å². The fraction of sp³-hybridized carbons (Fsp3) is 0.625. The molecule has 1 aromatic rings. The molecule has 0 heterocycles. The predicted octanol–water partition coefficient (Wildman–Crippen LogP) is 5.27. The van der Waals surface area contributed by atoms with Gasteiger partial charge in [-0.25, -0.2) is 0 Å². The molecule has 1 fully saturated rings. The standard InChI is InChI=1S/C16H23Cl2N/c1-19-11-13(12-7-4-2-3-5-8-12)16-14(17)9-6-10-15(16)18/h6,9-10,12-13,19H,2-5,7-8,11H2,1H3. The molecule has 1 saturated carbocycles. The zero-order valence-corrected chi connectivity index (χ0v) is 13.1. The summed E-state index contributed by atoms with van der Waals surface area (Å²) in [6.45, 7) is 0.952. The van der Waals surface area contributed by atoms with Crippen molar-refractivity contribution in [3.63, 3.8) is 0 Å². The second kappa shape index (κ2) is 7.52. The summed E-state index contributed by atoms with van der Waals surface area (Å²) in [6.07, 6.45) is 8.03. The molecular formula is C16H23Cl2N. The Morgan fingerprint density at radius 1 is 1.11 bits per heavy atom. The fourth-order valence-corrected chi connectivity index (χ4v) is 3.98. The first kappa shape index (κ1) is 15.2. The third kappa shape index (κ3) is 3.87. The van der Waals surface area contributed by atoms with Gasteiger partial charge in [0.2, 0.25) is 0 Å². The van der Waals surface area contributed by atoms with Crippen LogP contribution in [0.5, 0.6) is 0 Å². The highest BCUT2D eigenvalue weighted by molar-refractivity contribution is 6.36. The van der Waals surface area contributed by atoms with E-state index in [0.29, 0.717) is 11.8 Å². The number of benzene rings is 1. The van der Waals surface area contributed by atoms with E-state index in [4.69, 9.17) is 23.2 Å². The normalized spacial score (nSPS) is 19.1. The first-order valence-electron chi connectivity index (χ1n) is 7.32. The van der Waals surface area contributed by atoms with Gasteiger partial charge < -0.3 is 5.32 Å². The van der Waals surface area contributed by atoms with Crippen molar-refractivity contribution in [2.45, 2.75) is 44.4 Å². The highest BCUT2D eigenvalue weighted by Gasteiger charge is 2.27. The van der Waals surface area contributed by atoms with Crippen LogP contribution in [-0.4, -0.2) is 13.6 Å². The van der Waals surface area contributed by atoms with Crippen molar-refractivity contribution >= 4 is 23.2 Å². The number of hydrogen-bond donors (Lipinski definition) is 1. The zero-order valence-electron chi connectivity index (χ0n) is 11.6. The van der Waals surface area contributed by atoms with E-state index in [1.807, 2.05) is 25.2 Å². The van der Waals surface area contributed by atoms with Crippen molar-refractivity contribution in [1.82, 2.24) is 5.32 Å². The van der Waals surface area contributed by atoms with Crippen LogP contribution in [0.1, 0.15) is 50.0 Å². The molecule has 1 aromatic carbocycles. The van der Waals surface area contributed by atoms with Crippen LogP contribution in [0, 0.1) is 5.92 Å². The summed E-state index contributed by atoms with van der Waals surface area (Å²) in [4.78, 5) is 0. The van der Waals surface area contributed by atoms with Crippen LogP contribution in [0.15, 0.2) is 18.2 Å². The molecule has 0 amide bonds. The van der Waals surface area contributed by atoms with Gasteiger partial charge in [0.15, 0.2) is 0 Å². The first-order valence-corrected chi connectivity index (χ1v) is 8.08. The van der Waals surface area contributed by atoms with Crippen molar-refractivity contribution in [3.8, 4) is 0 Å². The molecule has 1 aliphatic rings. The summed E-state index contributed by atoms with van der Waals surface area (Å²) in [5.74, 6) is 1.14.